The Morgan fingerprint density at radius 2 is 1.79 bits per heavy atom. The molecular weight excluding hydrogens is 311 g/mol. The van der Waals surface area contributed by atoms with Crippen molar-refractivity contribution in [3.8, 4) is 5.75 Å². The van der Waals surface area contributed by atoms with Crippen molar-refractivity contribution in [1.82, 2.24) is 0 Å². The molecule has 2 aromatic rings. The highest BCUT2D eigenvalue weighted by molar-refractivity contribution is 9.10. The Balaban J connectivity index is 2.41. The summed E-state index contributed by atoms with van der Waals surface area (Å²) >= 11 is 3.07. The Morgan fingerprint density at radius 1 is 1.16 bits per heavy atom. The molecule has 0 N–H and O–H groups in total. The van der Waals surface area contributed by atoms with Crippen LogP contribution >= 0.6 is 15.9 Å². The highest BCUT2D eigenvalue weighted by Crippen LogP contribution is 2.23. The fourth-order valence-electron chi connectivity index (χ4n) is 1.77. The standard InChI is InChI=1S/C15H12BrFO2/c1-9-3-4-11(8-14(9)19-2)15(18)10-5-6-13(17)12(16)7-10/h3-8H,1-2H3. The van der Waals surface area contributed by atoms with Gasteiger partial charge in [0.2, 0.25) is 0 Å². The maximum atomic E-state index is 13.2. The lowest BCUT2D eigenvalue weighted by atomic mass is 10.0. The van der Waals surface area contributed by atoms with Gasteiger partial charge in [0.25, 0.3) is 0 Å². The number of hydrogen-bond donors (Lipinski definition) is 0. The van der Waals surface area contributed by atoms with Crippen LogP contribution in [0.3, 0.4) is 0 Å². The molecule has 0 fully saturated rings. The normalized spacial score (nSPS) is 10.3. The van der Waals surface area contributed by atoms with E-state index in [9.17, 15) is 9.18 Å². The molecule has 0 saturated carbocycles. The number of rotatable bonds is 3. The number of ketones is 1. The SMILES string of the molecule is COc1cc(C(=O)c2ccc(F)c(Br)c2)ccc1C. The van der Waals surface area contributed by atoms with Crippen LogP contribution in [0.5, 0.6) is 5.75 Å². The summed E-state index contributed by atoms with van der Waals surface area (Å²) in [7, 11) is 1.56. The van der Waals surface area contributed by atoms with Crippen molar-refractivity contribution in [1.29, 1.82) is 0 Å². The number of halogens is 2. The van der Waals surface area contributed by atoms with Crippen molar-refractivity contribution < 1.29 is 13.9 Å². The second kappa shape index (κ2) is 5.53. The summed E-state index contributed by atoms with van der Waals surface area (Å²) < 4.78 is 18.6. The predicted molar refractivity (Wildman–Crippen MR) is 75.3 cm³/mol. The Morgan fingerprint density at radius 3 is 2.42 bits per heavy atom. The lowest BCUT2D eigenvalue weighted by molar-refractivity contribution is 0.103. The number of aryl methyl sites for hydroxylation is 1. The van der Waals surface area contributed by atoms with E-state index >= 15 is 0 Å². The molecule has 0 unspecified atom stereocenters. The summed E-state index contributed by atoms with van der Waals surface area (Å²) in [6.07, 6.45) is 0. The molecule has 2 rings (SSSR count). The van der Waals surface area contributed by atoms with Crippen LogP contribution in [0.15, 0.2) is 40.9 Å². The van der Waals surface area contributed by atoms with Crippen LogP contribution in [0.25, 0.3) is 0 Å². The maximum Gasteiger partial charge on any atom is 0.193 e. The number of hydrogen-bond acceptors (Lipinski definition) is 2. The van der Waals surface area contributed by atoms with Gasteiger partial charge < -0.3 is 4.74 Å². The van der Waals surface area contributed by atoms with E-state index in [1.165, 1.54) is 18.2 Å². The van der Waals surface area contributed by atoms with E-state index in [-0.39, 0.29) is 10.3 Å². The molecule has 0 aromatic heterocycles. The van der Waals surface area contributed by atoms with Gasteiger partial charge in [-0.1, -0.05) is 12.1 Å². The van der Waals surface area contributed by atoms with Crippen molar-refractivity contribution in [3.63, 3.8) is 0 Å². The van der Waals surface area contributed by atoms with Gasteiger partial charge in [0.15, 0.2) is 5.78 Å². The molecule has 2 nitrogen and oxygen atoms in total. The summed E-state index contributed by atoms with van der Waals surface area (Å²) in [5.74, 6) is 0.101. The molecule has 19 heavy (non-hydrogen) atoms. The van der Waals surface area contributed by atoms with Gasteiger partial charge in [0.1, 0.15) is 11.6 Å². The second-order valence-electron chi connectivity index (χ2n) is 4.14. The zero-order valence-corrected chi connectivity index (χ0v) is 12.1. The Bertz CT molecular complexity index is 638. The average Bonchev–Trinajstić information content (AvgIpc) is 2.41. The van der Waals surface area contributed by atoms with Crippen molar-refractivity contribution in [2.45, 2.75) is 6.92 Å². The first kappa shape index (κ1) is 13.7. The molecule has 0 aliphatic rings. The van der Waals surface area contributed by atoms with E-state index < -0.39 is 5.82 Å². The quantitative estimate of drug-likeness (QED) is 0.794. The van der Waals surface area contributed by atoms with E-state index in [0.717, 1.165) is 5.56 Å². The minimum atomic E-state index is -0.391. The lowest BCUT2D eigenvalue weighted by Gasteiger charge is -2.07. The van der Waals surface area contributed by atoms with Gasteiger partial charge in [0.05, 0.1) is 11.6 Å². The zero-order chi connectivity index (χ0) is 14.0. The summed E-state index contributed by atoms with van der Waals surface area (Å²) in [5.41, 5.74) is 1.90. The summed E-state index contributed by atoms with van der Waals surface area (Å²) in [6.45, 7) is 1.90. The highest BCUT2D eigenvalue weighted by Gasteiger charge is 2.12. The Labute approximate surface area is 119 Å². The fraction of sp³-hybridized carbons (Fsp3) is 0.133. The van der Waals surface area contributed by atoms with Crippen LogP contribution < -0.4 is 4.74 Å². The van der Waals surface area contributed by atoms with Crippen molar-refractivity contribution in [2.24, 2.45) is 0 Å². The van der Waals surface area contributed by atoms with Gasteiger partial charge in [-0.2, -0.15) is 0 Å². The third kappa shape index (κ3) is 2.84. The molecule has 0 heterocycles. The van der Waals surface area contributed by atoms with E-state index in [4.69, 9.17) is 4.74 Å². The highest BCUT2D eigenvalue weighted by atomic mass is 79.9. The summed E-state index contributed by atoms with van der Waals surface area (Å²) in [4.78, 5) is 12.3. The number of methoxy groups -OCH3 is 1. The molecular formula is C15H12BrFO2. The van der Waals surface area contributed by atoms with E-state index in [0.29, 0.717) is 16.9 Å². The summed E-state index contributed by atoms with van der Waals surface area (Å²) in [5, 5.41) is 0. The first-order valence-electron chi connectivity index (χ1n) is 5.67. The van der Waals surface area contributed by atoms with Gasteiger partial charge in [-0.15, -0.1) is 0 Å². The molecule has 0 aliphatic carbocycles. The third-order valence-electron chi connectivity index (χ3n) is 2.85. The number of ether oxygens (including phenoxy) is 1. The van der Waals surface area contributed by atoms with Gasteiger partial charge in [-0.05, 0) is 52.7 Å². The number of benzene rings is 2. The molecule has 0 radical (unpaired) electrons. The van der Waals surface area contributed by atoms with Crippen LogP contribution in [0, 0.1) is 12.7 Å². The van der Waals surface area contributed by atoms with Crippen LogP contribution in [0.4, 0.5) is 4.39 Å². The Kier molecular flexibility index (Phi) is 4.00. The van der Waals surface area contributed by atoms with Gasteiger partial charge in [-0.3, -0.25) is 4.79 Å². The van der Waals surface area contributed by atoms with E-state index in [1.807, 2.05) is 13.0 Å². The first-order chi connectivity index (χ1) is 9.02. The second-order valence-corrected chi connectivity index (χ2v) is 5.00. The molecule has 4 heteroatoms. The van der Waals surface area contributed by atoms with Crippen molar-refractivity contribution in [3.05, 3.63) is 63.4 Å². The average molecular weight is 323 g/mol. The van der Waals surface area contributed by atoms with Crippen LogP contribution in [-0.4, -0.2) is 12.9 Å². The van der Waals surface area contributed by atoms with Gasteiger partial charge >= 0.3 is 0 Å². The number of carbonyl (C=O) groups is 1. The first-order valence-corrected chi connectivity index (χ1v) is 6.46. The zero-order valence-electron chi connectivity index (χ0n) is 10.5. The molecule has 0 aliphatic heterocycles. The molecule has 0 spiro atoms. The monoisotopic (exact) mass is 322 g/mol. The minimum Gasteiger partial charge on any atom is -0.496 e. The minimum absolute atomic E-state index is 0.168. The topological polar surface area (TPSA) is 26.3 Å². The number of carbonyl (C=O) groups excluding carboxylic acids is 1. The largest absolute Gasteiger partial charge is 0.496 e. The molecule has 2 aromatic carbocycles. The maximum absolute atomic E-state index is 13.2. The van der Waals surface area contributed by atoms with Crippen molar-refractivity contribution in [2.75, 3.05) is 7.11 Å². The Hall–Kier alpha value is -1.68. The van der Waals surface area contributed by atoms with E-state index in [2.05, 4.69) is 15.9 Å². The van der Waals surface area contributed by atoms with Crippen LogP contribution in [0.2, 0.25) is 0 Å². The predicted octanol–water partition coefficient (Wildman–Crippen LogP) is 4.14. The molecule has 0 amide bonds. The lowest BCUT2D eigenvalue weighted by Crippen LogP contribution is -2.02. The smallest absolute Gasteiger partial charge is 0.193 e. The van der Waals surface area contributed by atoms with E-state index in [1.54, 1.807) is 19.2 Å². The van der Waals surface area contributed by atoms with Crippen LogP contribution in [-0.2, 0) is 0 Å². The molecule has 98 valence electrons. The van der Waals surface area contributed by atoms with Gasteiger partial charge in [0, 0.05) is 11.1 Å². The molecule has 0 bridgehead atoms. The van der Waals surface area contributed by atoms with Gasteiger partial charge in [-0.25, -0.2) is 4.39 Å². The molecule has 0 saturated heterocycles. The fourth-order valence-corrected chi connectivity index (χ4v) is 2.14. The third-order valence-corrected chi connectivity index (χ3v) is 3.46. The molecule has 0 atom stereocenters. The van der Waals surface area contributed by atoms with Crippen LogP contribution in [0.1, 0.15) is 21.5 Å². The summed E-state index contributed by atoms with van der Waals surface area (Å²) in [6, 6.07) is 9.46. The van der Waals surface area contributed by atoms with Crippen molar-refractivity contribution >= 4 is 21.7 Å².